The molecule has 1 N–H and O–H groups in total. The van der Waals surface area contributed by atoms with Gasteiger partial charge in [0.25, 0.3) is 0 Å². The van der Waals surface area contributed by atoms with E-state index in [1.54, 1.807) is 12.1 Å². The van der Waals surface area contributed by atoms with Gasteiger partial charge in [0.15, 0.2) is 6.61 Å². The van der Waals surface area contributed by atoms with Crippen LogP contribution < -0.4 is 5.32 Å². The van der Waals surface area contributed by atoms with Crippen molar-refractivity contribution in [2.24, 2.45) is 5.92 Å². The summed E-state index contributed by atoms with van der Waals surface area (Å²) in [5.41, 5.74) is 0.860. The zero-order valence-electron chi connectivity index (χ0n) is 14.5. The Morgan fingerprint density at radius 2 is 1.81 bits per heavy atom. The highest BCUT2D eigenvalue weighted by Gasteiger charge is 2.26. The zero-order chi connectivity index (χ0) is 19.1. The van der Waals surface area contributed by atoms with E-state index in [9.17, 15) is 14.4 Å². The van der Waals surface area contributed by atoms with Crippen LogP contribution in [0.5, 0.6) is 0 Å². The van der Waals surface area contributed by atoms with Crippen molar-refractivity contribution in [3.63, 3.8) is 0 Å². The van der Waals surface area contributed by atoms with E-state index >= 15 is 0 Å². The van der Waals surface area contributed by atoms with Crippen LogP contribution in [0.3, 0.4) is 0 Å². The molecule has 0 radical (unpaired) electrons. The van der Waals surface area contributed by atoms with E-state index < -0.39 is 12.0 Å². The van der Waals surface area contributed by atoms with Crippen molar-refractivity contribution in [3.05, 3.63) is 56.7 Å². The fourth-order valence-electron chi connectivity index (χ4n) is 2.27. The molecule has 0 aliphatic heterocycles. The number of ether oxygens (including phenoxy) is 1. The Kier molecular flexibility index (Phi) is 7.53. The predicted molar refractivity (Wildman–Crippen MR) is 104 cm³/mol. The maximum atomic E-state index is 12.3. The van der Waals surface area contributed by atoms with Crippen molar-refractivity contribution in [1.82, 2.24) is 5.32 Å². The summed E-state index contributed by atoms with van der Waals surface area (Å²) in [6.07, 6.45) is 0.180. The summed E-state index contributed by atoms with van der Waals surface area (Å²) in [6.45, 7) is 3.28. The lowest BCUT2D eigenvalue weighted by atomic mass is 10.0. The molecule has 1 aromatic heterocycles. The van der Waals surface area contributed by atoms with Gasteiger partial charge in [-0.05, 0) is 39.5 Å². The number of nitrogens with one attached hydrogen (secondary N) is 1. The maximum Gasteiger partial charge on any atom is 0.329 e. The van der Waals surface area contributed by atoms with Crippen molar-refractivity contribution in [1.29, 1.82) is 0 Å². The summed E-state index contributed by atoms with van der Waals surface area (Å²) < 4.78 is 5.96. The Hall–Kier alpha value is -1.99. The van der Waals surface area contributed by atoms with Crippen LogP contribution in [0, 0.1) is 5.92 Å². The molecule has 0 saturated heterocycles. The van der Waals surface area contributed by atoms with Gasteiger partial charge in [0, 0.05) is 0 Å². The van der Waals surface area contributed by atoms with Gasteiger partial charge in [0.2, 0.25) is 11.7 Å². The molecule has 7 heteroatoms. The maximum absolute atomic E-state index is 12.3. The third-order valence-electron chi connectivity index (χ3n) is 3.64. The third-order valence-corrected chi connectivity index (χ3v) is 5.30. The molecule has 1 amide bonds. The number of carbonyl (C=O) groups is 3. The van der Waals surface area contributed by atoms with Crippen molar-refractivity contribution >= 4 is 44.9 Å². The highest BCUT2D eigenvalue weighted by atomic mass is 79.9. The van der Waals surface area contributed by atoms with Crippen molar-refractivity contribution < 1.29 is 19.1 Å². The summed E-state index contributed by atoms with van der Waals surface area (Å²) in [7, 11) is 0. The van der Waals surface area contributed by atoms with Gasteiger partial charge >= 0.3 is 5.97 Å². The van der Waals surface area contributed by atoms with Crippen LogP contribution in [0.4, 0.5) is 0 Å². The van der Waals surface area contributed by atoms with E-state index in [0.29, 0.717) is 4.88 Å². The average Bonchev–Trinajstić information content (AvgIpc) is 3.04. The molecule has 1 aromatic carbocycles. The highest BCUT2D eigenvalue weighted by Crippen LogP contribution is 2.22. The molecule has 5 nitrogen and oxygen atoms in total. The molecule has 1 atom stereocenters. The molecule has 2 aromatic rings. The van der Waals surface area contributed by atoms with Crippen molar-refractivity contribution in [2.75, 3.05) is 6.61 Å². The van der Waals surface area contributed by atoms with Gasteiger partial charge in [-0.25, -0.2) is 4.79 Å². The molecule has 0 spiro atoms. The van der Waals surface area contributed by atoms with Crippen LogP contribution in [-0.2, 0) is 20.7 Å². The second kappa shape index (κ2) is 9.64. The summed E-state index contributed by atoms with van der Waals surface area (Å²) in [5.74, 6) is -1.30. The Labute approximate surface area is 164 Å². The first kappa shape index (κ1) is 20.3. The summed E-state index contributed by atoms with van der Waals surface area (Å²) in [5, 5.41) is 2.70. The van der Waals surface area contributed by atoms with E-state index in [1.165, 1.54) is 11.3 Å². The Morgan fingerprint density at radius 3 is 2.38 bits per heavy atom. The lowest BCUT2D eigenvalue weighted by Crippen LogP contribution is -2.46. The fourth-order valence-corrected chi connectivity index (χ4v) is 3.58. The van der Waals surface area contributed by atoms with Gasteiger partial charge in [-0.3, -0.25) is 9.59 Å². The van der Waals surface area contributed by atoms with Crippen molar-refractivity contribution in [3.8, 4) is 0 Å². The minimum absolute atomic E-state index is 0.159. The van der Waals surface area contributed by atoms with Crippen LogP contribution in [0.2, 0.25) is 0 Å². The van der Waals surface area contributed by atoms with Gasteiger partial charge in [-0.2, -0.15) is 0 Å². The van der Waals surface area contributed by atoms with Gasteiger partial charge < -0.3 is 10.1 Å². The second-order valence-corrected chi connectivity index (χ2v) is 8.55. The molecule has 0 fully saturated rings. The summed E-state index contributed by atoms with van der Waals surface area (Å²) in [6, 6.07) is 11.9. The fraction of sp³-hybridized carbons (Fsp3) is 0.316. The number of amides is 1. The number of ketones is 1. The molecular weight excluding hydrogens is 418 g/mol. The average molecular weight is 438 g/mol. The van der Waals surface area contributed by atoms with E-state index in [1.807, 2.05) is 44.2 Å². The minimum Gasteiger partial charge on any atom is -0.456 e. The number of benzene rings is 1. The smallest absolute Gasteiger partial charge is 0.329 e. The van der Waals surface area contributed by atoms with Gasteiger partial charge in [-0.1, -0.05) is 44.2 Å². The molecule has 0 aliphatic carbocycles. The molecule has 0 aliphatic rings. The lowest BCUT2D eigenvalue weighted by Gasteiger charge is -2.20. The second-order valence-electron chi connectivity index (χ2n) is 6.09. The van der Waals surface area contributed by atoms with E-state index in [-0.39, 0.29) is 30.6 Å². The Morgan fingerprint density at radius 1 is 1.12 bits per heavy atom. The molecule has 26 heavy (non-hydrogen) atoms. The molecule has 138 valence electrons. The van der Waals surface area contributed by atoms with Crippen LogP contribution >= 0.6 is 27.3 Å². The van der Waals surface area contributed by atoms with Gasteiger partial charge in [-0.15, -0.1) is 11.3 Å². The number of thiophene rings is 1. The molecule has 0 bridgehead atoms. The summed E-state index contributed by atoms with van der Waals surface area (Å²) in [4.78, 5) is 37.1. The normalized spacial score (nSPS) is 11.8. The molecule has 1 heterocycles. The number of halogens is 1. The van der Waals surface area contributed by atoms with Crippen molar-refractivity contribution in [2.45, 2.75) is 26.3 Å². The number of hydrogen-bond acceptors (Lipinski definition) is 5. The number of esters is 1. The molecule has 2 rings (SSSR count). The molecule has 0 saturated carbocycles. The van der Waals surface area contributed by atoms with Crippen LogP contribution in [0.15, 0.2) is 46.3 Å². The van der Waals surface area contributed by atoms with E-state index in [4.69, 9.17) is 4.74 Å². The molecular formula is C19H20BrNO4S. The van der Waals surface area contributed by atoms with Gasteiger partial charge in [0.1, 0.15) is 6.04 Å². The van der Waals surface area contributed by atoms with Gasteiger partial charge in [0.05, 0.1) is 15.1 Å². The Bertz CT molecular complexity index is 773. The van der Waals surface area contributed by atoms with Crippen LogP contribution in [-0.4, -0.2) is 30.3 Å². The van der Waals surface area contributed by atoms with E-state index in [2.05, 4.69) is 21.2 Å². The summed E-state index contributed by atoms with van der Waals surface area (Å²) >= 11 is 4.57. The molecule has 0 unspecified atom stereocenters. The largest absolute Gasteiger partial charge is 0.456 e. The first-order chi connectivity index (χ1) is 12.4. The number of rotatable bonds is 8. The standard InChI is InChI=1S/C19H20BrNO4S/c1-12(2)18(21-17(23)10-13-6-4-3-5-7-13)19(24)25-11-14(22)15-8-9-16(20)26-15/h3-9,12,18H,10-11H2,1-2H3,(H,21,23)/t18-/m1/s1. The number of hydrogen-bond donors (Lipinski definition) is 1. The van der Waals surface area contributed by atoms with Crippen LogP contribution in [0.25, 0.3) is 0 Å². The van der Waals surface area contributed by atoms with E-state index in [0.717, 1.165) is 9.35 Å². The SMILES string of the molecule is CC(C)[C@@H](NC(=O)Cc1ccccc1)C(=O)OCC(=O)c1ccc(Br)s1. The quantitative estimate of drug-likeness (QED) is 0.505. The monoisotopic (exact) mass is 437 g/mol. The first-order valence-electron chi connectivity index (χ1n) is 8.15. The lowest BCUT2D eigenvalue weighted by molar-refractivity contribution is -0.148. The predicted octanol–water partition coefficient (Wildman–Crippen LogP) is 3.62. The number of carbonyl (C=O) groups excluding carboxylic acids is 3. The Balaban J connectivity index is 1.90. The third kappa shape index (κ3) is 6.07. The topological polar surface area (TPSA) is 72.5 Å². The first-order valence-corrected chi connectivity index (χ1v) is 9.76. The zero-order valence-corrected chi connectivity index (χ0v) is 16.9. The number of Topliss-reactive ketones (excluding diaryl/α,β-unsaturated/α-hetero) is 1. The van der Waals surface area contributed by atoms with Crippen LogP contribution in [0.1, 0.15) is 29.1 Å². The highest BCUT2D eigenvalue weighted by molar-refractivity contribution is 9.11. The minimum atomic E-state index is -0.797.